The van der Waals surface area contributed by atoms with Gasteiger partial charge in [-0.15, -0.1) is 5.48 Å². The molecule has 0 bridgehead atoms. The van der Waals surface area contributed by atoms with Crippen LogP contribution in [0.5, 0.6) is 0 Å². The Morgan fingerprint density at radius 3 is 2.76 bits per heavy atom. The Hall–Kier alpha value is -1.63. The summed E-state index contributed by atoms with van der Waals surface area (Å²) in [5.74, 6) is -2.81. The zero-order chi connectivity index (χ0) is 12.4. The molecule has 17 heavy (non-hydrogen) atoms. The SMILES string of the molecule is O=C(Nc1ccccc1Cl)C1C(=O)ONC1O. The second-order valence-corrected chi connectivity index (χ2v) is 3.84. The predicted molar refractivity (Wildman–Crippen MR) is 58.8 cm³/mol. The van der Waals surface area contributed by atoms with E-state index in [0.29, 0.717) is 10.7 Å². The minimum atomic E-state index is -1.36. The molecule has 3 N–H and O–H groups in total. The minimum Gasteiger partial charge on any atom is -0.374 e. The molecule has 2 rings (SSSR count). The molecule has 1 aromatic carbocycles. The number of carbonyl (C=O) groups is 2. The van der Waals surface area contributed by atoms with E-state index in [4.69, 9.17) is 11.6 Å². The standard InChI is InChI=1S/C10H9ClN2O4/c11-5-3-1-2-4-6(5)12-8(14)7-9(15)13-17-10(7)16/h1-4,7,9,13,15H,(H,12,14). The molecule has 1 saturated heterocycles. The number of rotatable bonds is 2. The van der Waals surface area contributed by atoms with E-state index in [1.807, 2.05) is 5.48 Å². The first-order chi connectivity index (χ1) is 8.09. The highest BCUT2D eigenvalue weighted by molar-refractivity contribution is 6.33. The molecule has 1 aliphatic heterocycles. The van der Waals surface area contributed by atoms with Gasteiger partial charge in [0, 0.05) is 0 Å². The molecule has 0 aromatic heterocycles. The Morgan fingerprint density at radius 1 is 1.47 bits per heavy atom. The van der Waals surface area contributed by atoms with Crippen LogP contribution >= 0.6 is 11.6 Å². The van der Waals surface area contributed by atoms with Crippen LogP contribution in [0.25, 0.3) is 0 Å². The third-order valence-corrected chi connectivity index (χ3v) is 2.59. The first-order valence-electron chi connectivity index (χ1n) is 4.79. The number of hydrogen-bond acceptors (Lipinski definition) is 5. The Balaban J connectivity index is 2.12. The van der Waals surface area contributed by atoms with Gasteiger partial charge in [-0.05, 0) is 12.1 Å². The number of para-hydroxylation sites is 1. The minimum absolute atomic E-state index is 0.342. The van der Waals surface area contributed by atoms with Crippen LogP contribution < -0.4 is 10.8 Å². The largest absolute Gasteiger partial charge is 0.374 e. The van der Waals surface area contributed by atoms with Gasteiger partial charge in [0.25, 0.3) is 0 Å². The summed E-state index contributed by atoms with van der Waals surface area (Å²) in [6.07, 6.45) is -1.36. The molecule has 0 aliphatic carbocycles. The molecule has 6 nitrogen and oxygen atoms in total. The van der Waals surface area contributed by atoms with E-state index in [-0.39, 0.29) is 0 Å². The van der Waals surface area contributed by atoms with Crippen LogP contribution in [0, 0.1) is 5.92 Å². The molecular formula is C10H9ClN2O4. The quantitative estimate of drug-likeness (QED) is 0.662. The number of amides is 1. The molecule has 1 fully saturated rings. The summed E-state index contributed by atoms with van der Waals surface area (Å²) in [4.78, 5) is 27.2. The number of carbonyl (C=O) groups excluding carboxylic acids is 2. The number of benzene rings is 1. The van der Waals surface area contributed by atoms with Crippen LogP contribution in [0.15, 0.2) is 24.3 Å². The van der Waals surface area contributed by atoms with Gasteiger partial charge < -0.3 is 15.3 Å². The average Bonchev–Trinajstić information content (AvgIpc) is 2.62. The lowest BCUT2D eigenvalue weighted by Crippen LogP contribution is -2.36. The highest BCUT2D eigenvalue weighted by Crippen LogP contribution is 2.22. The van der Waals surface area contributed by atoms with Crippen LogP contribution in [0.4, 0.5) is 5.69 Å². The fourth-order valence-electron chi connectivity index (χ4n) is 1.40. The summed E-state index contributed by atoms with van der Waals surface area (Å²) >= 11 is 5.84. The van der Waals surface area contributed by atoms with E-state index < -0.39 is 24.0 Å². The van der Waals surface area contributed by atoms with E-state index in [0.717, 1.165) is 0 Å². The monoisotopic (exact) mass is 256 g/mol. The average molecular weight is 257 g/mol. The van der Waals surface area contributed by atoms with Crippen molar-refractivity contribution < 1.29 is 19.5 Å². The van der Waals surface area contributed by atoms with E-state index in [1.165, 1.54) is 0 Å². The lowest BCUT2D eigenvalue weighted by atomic mass is 10.1. The van der Waals surface area contributed by atoms with Crippen molar-refractivity contribution >= 4 is 29.2 Å². The zero-order valence-corrected chi connectivity index (χ0v) is 9.27. The molecule has 7 heteroatoms. The topological polar surface area (TPSA) is 87.7 Å². The zero-order valence-electron chi connectivity index (χ0n) is 8.51. The van der Waals surface area contributed by atoms with Gasteiger partial charge >= 0.3 is 5.97 Å². The second-order valence-electron chi connectivity index (χ2n) is 3.43. The lowest BCUT2D eigenvalue weighted by Gasteiger charge is -2.11. The highest BCUT2D eigenvalue weighted by atomic mass is 35.5. The van der Waals surface area contributed by atoms with Crippen molar-refractivity contribution in [3.63, 3.8) is 0 Å². The summed E-state index contributed by atoms with van der Waals surface area (Å²) in [6.45, 7) is 0. The smallest absolute Gasteiger partial charge is 0.341 e. The van der Waals surface area contributed by atoms with Crippen LogP contribution in [0.3, 0.4) is 0 Å². The Morgan fingerprint density at radius 2 is 2.18 bits per heavy atom. The van der Waals surface area contributed by atoms with Gasteiger partial charge in [0.15, 0.2) is 12.1 Å². The van der Waals surface area contributed by atoms with Gasteiger partial charge in [0.2, 0.25) is 5.91 Å². The van der Waals surface area contributed by atoms with Gasteiger partial charge in [-0.25, -0.2) is 4.79 Å². The normalized spacial score (nSPS) is 23.3. The number of aliphatic hydroxyl groups excluding tert-OH is 1. The second kappa shape index (κ2) is 4.70. The van der Waals surface area contributed by atoms with Gasteiger partial charge in [0.05, 0.1) is 10.7 Å². The van der Waals surface area contributed by atoms with Crippen molar-refractivity contribution in [2.24, 2.45) is 5.92 Å². The maximum Gasteiger partial charge on any atom is 0.341 e. The molecule has 90 valence electrons. The number of anilines is 1. The van der Waals surface area contributed by atoms with E-state index in [1.54, 1.807) is 24.3 Å². The molecule has 1 amide bonds. The van der Waals surface area contributed by atoms with Crippen molar-refractivity contribution in [3.8, 4) is 0 Å². The molecular weight excluding hydrogens is 248 g/mol. The fraction of sp³-hybridized carbons (Fsp3) is 0.200. The van der Waals surface area contributed by atoms with Crippen molar-refractivity contribution in [1.29, 1.82) is 0 Å². The third kappa shape index (κ3) is 2.38. The third-order valence-electron chi connectivity index (χ3n) is 2.26. The van der Waals surface area contributed by atoms with Gasteiger partial charge in [-0.3, -0.25) is 4.79 Å². The fourth-order valence-corrected chi connectivity index (χ4v) is 1.59. The molecule has 2 unspecified atom stereocenters. The van der Waals surface area contributed by atoms with E-state index >= 15 is 0 Å². The number of halogens is 1. The number of hydrogen-bond donors (Lipinski definition) is 3. The van der Waals surface area contributed by atoms with E-state index in [2.05, 4.69) is 10.2 Å². The van der Waals surface area contributed by atoms with Crippen LogP contribution in [-0.4, -0.2) is 23.2 Å². The molecule has 0 radical (unpaired) electrons. The molecule has 0 saturated carbocycles. The van der Waals surface area contributed by atoms with Gasteiger partial charge in [-0.1, -0.05) is 23.7 Å². The number of hydroxylamine groups is 1. The number of nitrogens with one attached hydrogen (secondary N) is 2. The first-order valence-corrected chi connectivity index (χ1v) is 5.17. The van der Waals surface area contributed by atoms with Crippen LogP contribution in [0.2, 0.25) is 5.02 Å². The van der Waals surface area contributed by atoms with Gasteiger partial charge in [-0.2, -0.15) is 0 Å². The number of aliphatic hydroxyl groups is 1. The maximum absolute atomic E-state index is 11.7. The summed E-state index contributed by atoms with van der Waals surface area (Å²) in [7, 11) is 0. The first kappa shape index (κ1) is 11.8. The van der Waals surface area contributed by atoms with Crippen LogP contribution in [-0.2, 0) is 14.4 Å². The Kier molecular flexibility index (Phi) is 3.28. The summed E-state index contributed by atoms with van der Waals surface area (Å²) in [5, 5.41) is 12.1. The lowest BCUT2D eigenvalue weighted by molar-refractivity contribution is -0.147. The summed E-state index contributed by atoms with van der Waals surface area (Å²) in [6, 6.07) is 6.57. The Labute approximate surface area is 101 Å². The summed E-state index contributed by atoms with van der Waals surface area (Å²) in [5.41, 5.74) is 2.38. The van der Waals surface area contributed by atoms with Crippen molar-refractivity contribution in [3.05, 3.63) is 29.3 Å². The van der Waals surface area contributed by atoms with E-state index in [9.17, 15) is 14.7 Å². The highest BCUT2D eigenvalue weighted by Gasteiger charge is 2.41. The molecule has 1 heterocycles. The van der Waals surface area contributed by atoms with Crippen molar-refractivity contribution in [1.82, 2.24) is 5.48 Å². The molecule has 1 aromatic rings. The maximum atomic E-state index is 11.7. The van der Waals surface area contributed by atoms with Gasteiger partial charge in [0.1, 0.15) is 0 Å². The van der Waals surface area contributed by atoms with Crippen LogP contribution in [0.1, 0.15) is 0 Å². The predicted octanol–water partition coefficient (Wildman–Crippen LogP) is 0.274. The Bertz CT molecular complexity index is 465. The summed E-state index contributed by atoms with van der Waals surface area (Å²) < 4.78 is 0. The molecule has 2 atom stereocenters. The molecule has 1 aliphatic rings. The van der Waals surface area contributed by atoms with Crippen molar-refractivity contribution in [2.75, 3.05) is 5.32 Å². The molecule has 0 spiro atoms. The van der Waals surface area contributed by atoms with Crippen molar-refractivity contribution in [2.45, 2.75) is 6.23 Å².